The molecule has 0 spiro atoms. The van der Waals surface area contributed by atoms with Gasteiger partial charge in [0.1, 0.15) is 0 Å². The molecule has 2 aromatic rings. The third kappa shape index (κ3) is 2.81. The number of benzene rings is 1. The van der Waals surface area contributed by atoms with Gasteiger partial charge in [0.2, 0.25) is 0 Å². The fourth-order valence-corrected chi connectivity index (χ4v) is 2.35. The molecular formula is C16H16N2O3. The van der Waals surface area contributed by atoms with Crippen LogP contribution in [-0.4, -0.2) is 29.5 Å². The molecule has 2 heterocycles. The van der Waals surface area contributed by atoms with Crippen molar-refractivity contribution in [3.05, 3.63) is 53.9 Å². The Kier molecular flexibility index (Phi) is 3.73. The molecule has 0 atom stereocenters. The van der Waals surface area contributed by atoms with Crippen molar-refractivity contribution in [2.75, 3.05) is 13.7 Å². The van der Waals surface area contributed by atoms with Crippen molar-refractivity contribution in [2.45, 2.75) is 13.1 Å². The molecule has 0 fully saturated rings. The highest BCUT2D eigenvalue weighted by atomic mass is 16.5. The summed E-state index contributed by atoms with van der Waals surface area (Å²) in [5.41, 5.74) is 2.06. The number of para-hydroxylation sites is 2. The lowest BCUT2D eigenvalue weighted by molar-refractivity contribution is -0.134. The van der Waals surface area contributed by atoms with Crippen LogP contribution in [0.5, 0.6) is 11.5 Å². The highest BCUT2D eigenvalue weighted by Gasteiger charge is 2.24. The van der Waals surface area contributed by atoms with Crippen molar-refractivity contribution in [1.29, 1.82) is 0 Å². The summed E-state index contributed by atoms with van der Waals surface area (Å²) in [6, 6.07) is 11.2. The van der Waals surface area contributed by atoms with Crippen molar-refractivity contribution in [3.8, 4) is 11.5 Å². The second kappa shape index (κ2) is 5.83. The summed E-state index contributed by atoms with van der Waals surface area (Å²) in [5.74, 6) is 1.14. The first-order valence-electron chi connectivity index (χ1n) is 6.74. The molecular weight excluding hydrogens is 268 g/mol. The maximum Gasteiger partial charge on any atom is 0.261 e. The number of hydrogen-bond donors (Lipinski definition) is 0. The van der Waals surface area contributed by atoms with E-state index in [2.05, 4.69) is 4.98 Å². The van der Waals surface area contributed by atoms with Gasteiger partial charge in [-0.3, -0.25) is 9.78 Å². The Labute approximate surface area is 123 Å². The third-order valence-corrected chi connectivity index (χ3v) is 3.46. The molecule has 0 saturated carbocycles. The molecule has 21 heavy (non-hydrogen) atoms. The highest BCUT2D eigenvalue weighted by Crippen LogP contribution is 2.26. The molecule has 0 bridgehead atoms. The van der Waals surface area contributed by atoms with Gasteiger partial charge in [-0.1, -0.05) is 18.2 Å². The molecule has 108 valence electrons. The number of hydrogen-bond acceptors (Lipinski definition) is 4. The normalized spacial score (nSPS) is 12.9. The average molecular weight is 284 g/mol. The minimum atomic E-state index is -0.0566. The SMILES string of the molecule is COc1ccccc1OCC(=O)N1Cc2cccnc2C1. The van der Waals surface area contributed by atoms with Crippen LogP contribution in [0.15, 0.2) is 42.6 Å². The maximum atomic E-state index is 12.2. The van der Waals surface area contributed by atoms with Gasteiger partial charge in [0.05, 0.1) is 19.3 Å². The zero-order valence-electron chi connectivity index (χ0n) is 11.8. The Morgan fingerprint density at radius 2 is 2.00 bits per heavy atom. The molecule has 0 radical (unpaired) electrons. The number of carbonyl (C=O) groups excluding carboxylic acids is 1. The minimum Gasteiger partial charge on any atom is -0.493 e. The monoisotopic (exact) mass is 284 g/mol. The number of aromatic nitrogens is 1. The fourth-order valence-electron chi connectivity index (χ4n) is 2.35. The van der Waals surface area contributed by atoms with Gasteiger partial charge >= 0.3 is 0 Å². The van der Waals surface area contributed by atoms with Crippen LogP contribution in [0.4, 0.5) is 0 Å². The van der Waals surface area contributed by atoms with Crippen LogP contribution in [0.2, 0.25) is 0 Å². The van der Waals surface area contributed by atoms with E-state index >= 15 is 0 Å². The second-order valence-electron chi connectivity index (χ2n) is 4.80. The number of amides is 1. The Morgan fingerprint density at radius 3 is 2.76 bits per heavy atom. The van der Waals surface area contributed by atoms with E-state index in [1.54, 1.807) is 30.3 Å². The van der Waals surface area contributed by atoms with Crippen LogP contribution in [0.3, 0.4) is 0 Å². The lowest BCUT2D eigenvalue weighted by Gasteiger charge is -2.16. The van der Waals surface area contributed by atoms with Crippen LogP contribution in [0.25, 0.3) is 0 Å². The standard InChI is InChI=1S/C16H16N2O3/c1-20-14-6-2-3-7-15(14)21-11-16(19)18-9-12-5-4-8-17-13(12)10-18/h2-8H,9-11H2,1H3. The molecule has 0 N–H and O–H groups in total. The molecule has 0 saturated heterocycles. The number of carbonyl (C=O) groups is 1. The number of rotatable bonds is 4. The van der Waals surface area contributed by atoms with E-state index in [0.29, 0.717) is 24.6 Å². The predicted octanol–water partition coefficient (Wildman–Crippen LogP) is 2.01. The van der Waals surface area contributed by atoms with Gasteiger partial charge in [-0.15, -0.1) is 0 Å². The summed E-state index contributed by atoms with van der Waals surface area (Å²) in [5, 5.41) is 0. The van der Waals surface area contributed by atoms with Crippen LogP contribution >= 0.6 is 0 Å². The lowest BCUT2D eigenvalue weighted by Crippen LogP contribution is -2.30. The summed E-state index contributed by atoms with van der Waals surface area (Å²) in [6.07, 6.45) is 1.75. The van der Waals surface area contributed by atoms with Crippen molar-refractivity contribution in [2.24, 2.45) is 0 Å². The third-order valence-electron chi connectivity index (χ3n) is 3.46. The number of methoxy groups -OCH3 is 1. The molecule has 5 heteroatoms. The number of pyridine rings is 1. The first kappa shape index (κ1) is 13.4. The Morgan fingerprint density at radius 1 is 1.19 bits per heavy atom. The molecule has 1 amide bonds. The molecule has 1 aliphatic heterocycles. The minimum absolute atomic E-state index is 0.00559. The molecule has 3 rings (SSSR count). The number of fused-ring (bicyclic) bond motifs is 1. The van der Waals surface area contributed by atoms with Crippen molar-refractivity contribution in [1.82, 2.24) is 9.88 Å². The van der Waals surface area contributed by atoms with Crippen LogP contribution in [0, 0.1) is 0 Å². The van der Waals surface area contributed by atoms with Crippen molar-refractivity contribution < 1.29 is 14.3 Å². The van der Waals surface area contributed by atoms with Crippen LogP contribution in [-0.2, 0) is 17.9 Å². The first-order valence-corrected chi connectivity index (χ1v) is 6.74. The van der Waals surface area contributed by atoms with E-state index in [4.69, 9.17) is 9.47 Å². The molecule has 1 aromatic heterocycles. The summed E-state index contributed by atoms with van der Waals surface area (Å²) < 4.78 is 10.8. The van der Waals surface area contributed by atoms with Gasteiger partial charge in [0.25, 0.3) is 5.91 Å². The molecule has 1 aliphatic rings. The maximum absolute atomic E-state index is 12.2. The van der Waals surface area contributed by atoms with Crippen molar-refractivity contribution >= 4 is 5.91 Å². The molecule has 5 nitrogen and oxygen atoms in total. The van der Waals surface area contributed by atoms with Gasteiger partial charge in [0, 0.05) is 12.7 Å². The summed E-state index contributed by atoms with van der Waals surface area (Å²) >= 11 is 0. The van der Waals surface area contributed by atoms with E-state index in [9.17, 15) is 4.79 Å². The van der Waals surface area contributed by atoms with Gasteiger partial charge in [0.15, 0.2) is 18.1 Å². The average Bonchev–Trinajstić information content (AvgIpc) is 2.97. The first-order chi connectivity index (χ1) is 10.3. The van der Waals surface area contributed by atoms with Crippen LogP contribution in [0.1, 0.15) is 11.3 Å². The predicted molar refractivity (Wildman–Crippen MR) is 77.0 cm³/mol. The Balaban J connectivity index is 1.61. The van der Waals surface area contributed by atoms with Crippen molar-refractivity contribution in [3.63, 3.8) is 0 Å². The Hall–Kier alpha value is -2.56. The van der Waals surface area contributed by atoms with E-state index in [-0.39, 0.29) is 12.5 Å². The molecule has 0 aliphatic carbocycles. The van der Waals surface area contributed by atoms with Gasteiger partial charge in [-0.2, -0.15) is 0 Å². The molecule has 0 unspecified atom stereocenters. The van der Waals surface area contributed by atoms with Gasteiger partial charge in [-0.05, 0) is 23.8 Å². The largest absolute Gasteiger partial charge is 0.493 e. The van der Waals surface area contributed by atoms with E-state index in [1.165, 1.54) is 0 Å². The topological polar surface area (TPSA) is 51.7 Å². The smallest absolute Gasteiger partial charge is 0.261 e. The lowest BCUT2D eigenvalue weighted by atomic mass is 10.2. The van der Waals surface area contributed by atoms with E-state index in [0.717, 1.165) is 11.3 Å². The Bertz CT molecular complexity index is 632. The number of ether oxygens (including phenoxy) is 2. The fraction of sp³-hybridized carbons (Fsp3) is 0.250. The van der Waals surface area contributed by atoms with E-state index in [1.807, 2.05) is 24.3 Å². The quantitative estimate of drug-likeness (QED) is 0.862. The summed E-state index contributed by atoms with van der Waals surface area (Å²) in [7, 11) is 1.58. The van der Waals surface area contributed by atoms with Gasteiger partial charge in [-0.25, -0.2) is 0 Å². The zero-order chi connectivity index (χ0) is 14.7. The summed E-state index contributed by atoms with van der Waals surface area (Å²) in [4.78, 5) is 18.2. The second-order valence-corrected chi connectivity index (χ2v) is 4.80. The summed E-state index contributed by atoms with van der Waals surface area (Å²) in [6.45, 7) is 1.13. The molecule has 1 aromatic carbocycles. The van der Waals surface area contributed by atoms with Gasteiger partial charge < -0.3 is 14.4 Å². The zero-order valence-corrected chi connectivity index (χ0v) is 11.8. The highest BCUT2D eigenvalue weighted by molar-refractivity contribution is 5.78. The number of nitrogens with zero attached hydrogens (tertiary/aromatic N) is 2. The van der Waals surface area contributed by atoms with Crippen LogP contribution < -0.4 is 9.47 Å². The van der Waals surface area contributed by atoms with E-state index < -0.39 is 0 Å².